The van der Waals surface area contributed by atoms with Crippen LogP contribution in [0.25, 0.3) is 5.57 Å². The minimum absolute atomic E-state index is 0.0495. The van der Waals surface area contributed by atoms with Crippen LogP contribution >= 0.6 is 11.6 Å². The molecule has 1 atom stereocenters. The first-order valence-corrected chi connectivity index (χ1v) is 6.36. The number of carbonyl (C=O) groups is 2. The molecule has 0 aliphatic heterocycles. The number of carboxylic acid groups (broad SMARTS) is 2. The highest BCUT2D eigenvalue weighted by atomic mass is 35.5. The molecule has 1 aromatic carbocycles. The lowest BCUT2D eigenvalue weighted by Gasteiger charge is -2.26. The van der Waals surface area contributed by atoms with Gasteiger partial charge < -0.3 is 10.2 Å². The third-order valence-electron chi connectivity index (χ3n) is 3.39. The van der Waals surface area contributed by atoms with Gasteiger partial charge in [-0.05, 0) is 36.6 Å². The average molecular weight is 293 g/mol. The van der Waals surface area contributed by atoms with Gasteiger partial charge in [-0.2, -0.15) is 0 Å². The van der Waals surface area contributed by atoms with Crippen molar-refractivity contribution in [1.29, 1.82) is 0 Å². The number of benzene rings is 1. The Bertz CT molecular complexity index is 628. The summed E-state index contributed by atoms with van der Waals surface area (Å²) in [6, 6.07) is 6.77. The second kappa shape index (κ2) is 5.13. The third kappa shape index (κ3) is 2.60. The lowest BCUT2D eigenvalue weighted by atomic mass is 9.76. The first-order valence-electron chi connectivity index (χ1n) is 5.98. The molecule has 0 fully saturated rings. The maximum Gasteiger partial charge on any atom is 0.332 e. The van der Waals surface area contributed by atoms with Gasteiger partial charge in [0.15, 0.2) is 0 Å². The van der Waals surface area contributed by atoms with Crippen molar-refractivity contribution in [3.8, 4) is 0 Å². The molecular formula is C15H13ClO4. The summed E-state index contributed by atoms with van der Waals surface area (Å²) in [7, 11) is 0. The predicted molar refractivity (Wildman–Crippen MR) is 75.5 cm³/mol. The van der Waals surface area contributed by atoms with Crippen LogP contribution in [-0.4, -0.2) is 22.2 Å². The number of halogens is 1. The molecule has 20 heavy (non-hydrogen) atoms. The highest BCUT2D eigenvalue weighted by Gasteiger charge is 2.36. The van der Waals surface area contributed by atoms with Crippen LogP contribution in [-0.2, 0) is 9.59 Å². The Balaban J connectivity index is 2.50. The Morgan fingerprint density at radius 2 is 1.80 bits per heavy atom. The van der Waals surface area contributed by atoms with Gasteiger partial charge in [0.05, 0.1) is 5.41 Å². The monoisotopic (exact) mass is 292 g/mol. The lowest BCUT2D eigenvalue weighted by molar-refractivity contribution is -0.145. The van der Waals surface area contributed by atoms with Gasteiger partial charge in [0.2, 0.25) is 0 Å². The molecule has 1 aromatic rings. The topological polar surface area (TPSA) is 74.6 Å². The number of carboxylic acids is 2. The Kier molecular flexibility index (Phi) is 3.68. The van der Waals surface area contributed by atoms with Gasteiger partial charge in [0.25, 0.3) is 0 Å². The SMILES string of the molecule is CC1(C(=O)O)C=CC(c2ccc(Cl)cc2)=C(C(=O)O)C1. The van der Waals surface area contributed by atoms with E-state index in [0.29, 0.717) is 16.2 Å². The summed E-state index contributed by atoms with van der Waals surface area (Å²) in [5.74, 6) is -2.14. The summed E-state index contributed by atoms with van der Waals surface area (Å²) in [5.41, 5.74) is 0.131. The molecule has 0 saturated carbocycles. The van der Waals surface area contributed by atoms with Crippen molar-refractivity contribution in [3.63, 3.8) is 0 Å². The van der Waals surface area contributed by atoms with Crippen LogP contribution in [0.5, 0.6) is 0 Å². The molecule has 4 nitrogen and oxygen atoms in total. The molecular weight excluding hydrogens is 280 g/mol. The summed E-state index contributed by atoms with van der Waals surface area (Å²) in [5, 5.41) is 19.1. The van der Waals surface area contributed by atoms with E-state index in [1.165, 1.54) is 13.0 Å². The molecule has 0 bridgehead atoms. The van der Waals surface area contributed by atoms with Crippen LogP contribution < -0.4 is 0 Å². The molecule has 0 heterocycles. The molecule has 0 saturated heterocycles. The van der Waals surface area contributed by atoms with Crippen LogP contribution in [0.15, 0.2) is 42.0 Å². The Morgan fingerprint density at radius 1 is 1.20 bits per heavy atom. The molecule has 0 amide bonds. The van der Waals surface area contributed by atoms with Crippen molar-refractivity contribution in [2.75, 3.05) is 0 Å². The van der Waals surface area contributed by atoms with E-state index in [4.69, 9.17) is 11.6 Å². The smallest absolute Gasteiger partial charge is 0.332 e. The molecule has 0 radical (unpaired) electrons. The maximum atomic E-state index is 11.4. The largest absolute Gasteiger partial charge is 0.481 e. The Morgan fingerprint density at radius 3 is 2.30 bits per heavy atom. The van der Waals surface area contributed by atoms with Crippen molar-refractivity contribution in [3.05, 3.63) is 52.6 Å². The predicted octanol–water partition coefficient (Wildman–Crippen LogP) is 3.23. The van der Waals surface area contributed by atoms with Crippen molar-refractivity contribution in [2.45, 2.75) is 13.3 Å². The third-order valence-corrected chi connectivity index (χ3v) is 3.64. The Labute approximate surface area is 121 Å². The van der Waals surface area contributed by atoms with Crippen molar-refractivity contribution in [2.24, 2.45) is 5.41 Å². The number of hydrogen-bond acceptors (Lipinski definition) is 2. The van der Waals surface area contributed by atoms with Crippen LogP contribution in [0.1, 0.15) is 18.9 Å². The normalized spacial score (nSPS) is 21.9. The lowest BCUT2D eigenvalue weighted by Crippen LogP contribution is -2.29. The van der Waals surface area contributed by atoms with E-state index >= 15 is 0 Å². The van der Waals surface area contributed by atoms with Gasteiger partial charge in [0.1, 0.15) is 0 Å². The molecule has 1 unspecified atom stereocenters. The van der Waals surface area contributed by atoms with E-state index in [9.17, 15) is 19.8 Å². The van der Waals surface area contributed by atoms with Gasteiger partial charge in [-0.1, -0.05) is 35.9 Å². The van der Waals surface area contributed by atoms with Crippen LogP contribution in [0.4, 0.5) is 0 Å². The van der Waals surface area contributed by atoms with E-state index in [1.54, 1.807) is 30.3 Å². The molecule has 5 heteroatoms. The molecule has 0 aromatic heterocycles. The van der Waals surface area contributed by atoms with Crippen molar-refractivity contribution >= 4 is 29.1 Å². The van der Waals surface area contributed by atoms with E-state index in [2.05, 4.69) is 0 Å². The zero-order valence-corrected chi connectivity index (χ0v) is 11.5. The fourth-order valence-corrected chi connectivity index (χ4v) is 2.25. The van der Waals surface area contributed by atoms with E-state index in [0.717, 1.165) is 0 Å². The van der Waals surface area contributed by atoms with Gasteiger partial charge in [-0.25, -0.2) is 4.79 Å². The molecule has 104 valence electrons. The molecule has 0 spiro atoms. The minimum atomic E-state index is -1.19. The van der Waals surface area contributed by atoms with Gasteiger partial charge in [-0.3, -0.25) is 4.79 Å². The second-order valence-corrected chi connectivity index (χ2v) is 5.37. The first-order chi connectivity index (χ1) is 9.33. The molecule has 1 aliphatic rings. The number of hydrogen-bond donors (Lipinski definition) is 2. The van der Waals surface area contributed by atoms with Crippen LogP contribution in [0.3, 0.4) is 0 Å². The fraction of sp³-hybridized carbons (Fsp3) is 0.200. The molecule has 2 N–H and O–H groups in total. The van der Waals surface area contributed by atoms with Crippen molar-refractivity contribution < 1.29 is 19.8 Å². The zero-order valence-electron chi connectivity index (χ0n) is 10.8. The summed E-state index contributed by atoms with van der Waals surface area (Å²) in [6.07, 6.45) is 3.04. The average Bonchev–Trinajstić information content (AvgIpc) is 2.39. The number of aliphatic carboxylic acids is 2. The highest BCUT2D eigenvalue weighted by molar-refractivity contribution is 6.30. The minimum Gasteiger partial charge on any atom is -0.481 e. The zero-order chi connectivity index (χ0) is 14.9. The fourth-order valence-electron chi connectivity index (χ4n) is 2.13. The van der Waals surface area contributed by atoms with E-state index < -0.39 is 17.4 Å². The summed E-state index contributed by atoms with van der Waals surface area (Å²) in [4.78, 5) is 22.7. The summed E-state index contributed by atoms with van der Waals surface area (Å²) >= 11 is 5.81. The molecule has 1 aliphatic carbocycles. The van der Waals surface area contributed by atoms with Crippen LogP contribution in [0.2, 0.25) is 5.02 Å². The summed E-state index contributed by atoms with van der Waals surface area (Å²) < 4.78 is 0. The maximum absolute atomic E-state index is 11.4. The van der Waals surface area contributed by atoms with Crippen LogP contribution in [0, 0.1) is 5.41 Å². The van der Waals surface area contributed by atoms with E-state index in [1.807, 2.05) is 0 Å². The quantitative estimate of drug-likeness (QED) is 0.897. The van der Waals surface area contributed by atoms with Gasteiger partial charge in [0, 0.05) is 10.6 Å². The van der Waals surface area contributed by atoms with E-state index in [-0.39, 0.29) is 12.0 Å². The first kappa shape index (κ1) is 14.3. The van der Waals surface area contributed by atoms with Crippen molar-refractivity contribution in [1.82, 2.24) is 0 Å². The second-order valence-electron chi connectivity index (χ2n) is 4.94. The number of rotatable bonds is 3. The van der Waals surface area contributed by atoms with Gasteiger partial charge >= 0.3 is 11.9 Å². The number of allylic oxidation sites excluding steroid dienone is 2. The van der Waals surface area contributed by atoms with Gasteiger partial charge in [-0.15, -0.1) is 0 Å². The highest BCUT2D eigenvalue weighted by Crippen LogP contribution is 2.38. The summed E-state index contributed by atoms with van der Waals surface area (Å²) in [6.45, 7) is 1.51. The Hall–Kier alpha value is -2.07. The molecule has 2 rings (SSSR count). The standard InChI is InChI=1S/C15H13ClO4/c1-15(14(19)20)7-6-11(12(8-15)13(17)18)9-2-4-10(16)5-3-9/h2-7H,8H2,1H3,(H,17,18)(H,19,20).